The SMILES string of the molecule is Cc1c(S(=O)(=O)N2CCN(C)CC2)cc(C(C)(C)C)c(O)c1C(=O)Nc1ccc(SC(F)(F)F)cc1Cl. The molecule has 1 saturated heterocycles. The Kier molecular flexibility index (Phi) is 8.50. The minimum Gasteiger partial charge on any atom is -0.507 e. The Hall–Kier alpha value is -1.99. The third-order valence-electron chi connectivity index (χ3n) is 6.05. The van der Waals surface area contributed by atoms with Crippen LogP contribution in [-0.4, -0.2) is 67.4 Å². The smallest absolute Gasteiger partial charge is 0.446 e. The van der Waals surface area contributed by atoms with Crippen LogP contribution in [0.2, 0.25) is 5.02 Å². The molecular formula is C24H29ClF3N3O4S2. The Morgan fingerprint density at radius 3 is 2.22 bits per heavy atom. The van der Waals surface area contributed by atoms with E-state index in [1.165, 1.54) is 23.4 Å². The van der Waals surface area contributed by atoms with E-state index in [-0.39, 0.29) is 67.8 Å². The number of likely N-dealkylation sites (N-methyl/N-ethyl adjacent to an activating group) is 1. The van der Waals surface area contributed by atoms with Gasteiger partial charge >= 0.3 is 5.51 Å². The van der Waals surface area contributed by atoms with E-state index in [9.17, 15) is 31.5 Å². The van der Waals surface area contributed by atoms with E-state index in [2.05, 4.69) is 5.32 Å². The normalized spacial score (nSPS) is 16.1. The van der Waals surface area contributed by atoms with Crippen molar-refractivity contribution in [2.45, 2.75) is 48.4 Å². The fraction of sp³-hybridized carbons (Fsp3) is 0.458. The summed E-state index contributed by atoms with van der Waals surface area (Å²) in [4.78, 5) is 15.1. The predicted molar refractivity (Wildman–Crippen MR) is 139 cm³/mol. The molecule has 3 rings (SSSR count). The summed E-state index contributed by atoms with van der Waals surface area (Å²) in [5.74, 6) is -1.21. The van der Waals surface area contributed by atoms with Gasteiger partial charge in [0, 0.05) is 36.6 Å². The average Bonchev–Trinajstić information content (AvgIpc) is 2.74. The Morgan fingerprint density at radius 1 is 1.11 bits per heavy atom. The number of sulfonamides is 1. The van der Waals surface area contributed by atoms with Crippen LogP contribution in [0.3, 0.4) is 0 Å². The molecule has 204 valence electrons. The average molecular weight is 580 g/mol. The first-order valence-corrected chi connectivity index (χ1v) is 14.0. The highest BCUT2D eigenvalue weighted by Gasteiger charge is 2.35. The molecule has 1 aliphatic heterocycles. The molecule has 2 aromatic rings. The van der Waals surface area contributed by atoms with E-state index in [1.807, 2.05) is 11.9 Å². The lowest BCUT2D eigenvalue weighted by Gasteiger charge is -2.33. The zero-order valence-corrected chi connectivity index (χ0v) is 23.4. The second kappa shape index (κ2) is 10.6. The molecule has 0 spiro atoms. The van der Waals surface area contributed by atoms with Gasteiger partial charge in [-0.1, -0.05) is 32.4 Å². The molecule has 2 aromatic carbocycles. The molecule has 2 N–H and O–H groups in total. The number of amides is 1. The summed E-state index contributed by atoms with van der Waals surface area (Å²) in [6.07, 6.45) is 0. The van der Waals surface area contributed by atoms with E-state index in [0.29, 0.717) is 13.1 Å². The van der Waals surface area contributed by atoms with Gasteiger partial charge in [0.2, 0.25) is 10.0 Å². The van der Waals surface area contributed by atoms with Crippen LogP contribution in [0.25, 0.3) is 0 Å². The van der Waals surface area contributed by atoms with Crippen molar-refractivity contribution in [3.63, 3.8) is 0 Å². The van der Waals surface area contributed by atoms with Crippen LogP contribution < -0.4 is 5.32 Å². The zero-order valence-electron chi connectivity index (χ0n) is 21.0. The number of aromatic hydroxyl groups is 1. The molecule has 0 saturated carbocycles. The molecule has 1 fully saturated rings. The van der Waals surface area contributed by atoms with Crippen molar-refractivity contribution >= 4 is 45.0 Å². The number of anilines is 1. The quantitative estimate of drug-likeness (QED) is 0.458. The van der Waals surface area contributed by atoms with Gasteiger partial charge in [-0.05, 0) is 61.0 Å². The van der Waals surface area contributed by atoms with Gasteiger partial charge in [0.25, 0.3) is 5.91 Å². The number of nitrogens with zero attached hydrogens (tertiary/aromatic N) is 2. The first-order valence-electron chi connectivity index (χ1n) is 11.3. The fourth-order valence-electron chi connectivity index (χ4n) is 4.01. The predicted octanol–water partition coefficient (Wildman–Crippen LogP) is 5.45. The Morgan fingerprint density at radius 2 is 1.70 bits per heavy atom. The lowest BCUT2D eigenvalue weighted by molar-refractivity contribution is -0.0328. The summed E-state index contributed by atoms with van der Waals surface area (Å²) in [5.41, 5.74) is -5.13. The van der Waals surface area contributed by atoms with Crippen molar-refractivity contribution in [3.05, 3.63) is 46.0 Å². The number of benzene rings is 2. The van der Waals surface area contributed by atoms with Crippen LogP contribution in [0, 0.1) is 6.92 Å². The molecule has 1 heterocycles. The number of nitrogens with one attached hydrogen (secondary N) is 1. The Balaban J connectivity index is 2.07. The number of thioether (sulfide) groups is 1. The molecule has 0 atom stereocenters. The molecule has 13 heteroatoms. The van der Waals surface area contributed by atoms with E-state index < -0.39 is 26.9 Å². The summed E-state index contributed by atoms with van der Waals surface area (Å²) in [6, 6.07) is 4.85. The first-order chi connectivity index (χ1) is 16.9. The third-order valence-corrected chi connectivity index (χ3v) is 9.11. The fourth-order valence-corrected chi connectivity index (χ4v) is 6.56. The molecule has 0 aliphatic carbocycles. The van der Waals surface area contributed by atoms with Crippen molar-refractivity contribution < 1.29 is 31.5 Å². The number of hydrogen-bond donors (Lipinski definition) is 2. The first kappa shape index (κ1) is 29.6. The number of hydrogen-bond acceptors (Lipinski definition) is 6. The van der Waals surface area contributed by atoms with Gasteiger partial charge in [0.1, 0.15) is 5.75 Å². The standard InChI is InChI=1S/C24H29ClF3N3O4S2/c1-14-19(37(34,35)31-10-8-30(5)9-11-31)13-16(23(2,3)4)21(32)20(14)22(33)29-18-7-6-15(12-17(18)25)36-24(26,27)28/h6-7,12-13,32H,8-11H2,1-5H3,(H,29,33). The van der Waals surface area contributed by atoms with Crippen molar-refractivity contribution in [3.8, 4) is 5.75 Å². The number of carbonyl (C=O) groups is 1. The van der Waals surface area contributed by atoms with Crippen molar-refractivity contribution in [2.24, 2.45) is 0 Å². The molecule has 0 bridgehead atoms. The summed E-state index contributed by atoms with van der Waals surface area (Å²) >= 11 is 5.78. The monoisotopic (exact) mass is 579 g/mol. The van der Waals surface area contributed by atoms with Gasteiger partial charge in [0.05, 0.1) is 21.2 Å². The number of phenols is 1. The topological polar surface area (TPSA) is 90.0 Å². The second-order valence-electron chi connectivity index (χ2n) is 9.87. The summed E-state index contributed by atoms with van der Waals surface area (Å²) < 4.78 is 66.7. The number of halogens is 4. The molecule has 0 aromatic heterocycles. The molecule has 1 amide bonds. The zero-order chi connectivity index (χ0) is 27.9. The second-order valence-corrected chi connectivity index (χ2v) is 13.3. The van der Waals surface area contributed by atoms with Crippen LogP contribution in [0.1, 0.15) is 42.3 Å². The molecule has 1 aliphatic rings. The lowest BCUT2D eigenvalue weighted by Crippen LogP contribution is -2.47. The molecule has 0 radical (unpaired) electrons. The minimum atomic E-state index is -4.50. The summed E-state index contributed by atoms with van der Waals surface area (Å²) in [6.45, 7) is 8.44. The largest absolute Gasteiger partial charge is 0.507 e. The van der Waals surface area contributed by atoms with Gasteiger partial charge < -0.3 is 15.3 Å². The van der Waals surface area contributed by atoms with Crippen molar-refractivity contribution in [1.29, 1.82) is 0 Å². The van der Waals surface area contributed by atoms with Gasteiger partial charge in [-0.3, -0.25) is 4.79 Å². The van der Waals surface area contributed by atoms with Crippen LogP contribution in [0.4, 0.5) is 18.9 Å². The van der Waals surface area contributed by atoms with Crippen LogP contribution >= 0.6 is 23.4 Å². The number of alkyl halides is 3. The number of piperazine rings is 1. The van der Waals surface area contributed by atoms with Gasteiger partial charge in [-0.25, -0.2) is 8.42 Å². The molecule has 0 unspecified atom stereocenters. The van der Waals surface area contributed by atoms with Gasteiger partial charge in [-0.15, -0.1) is 0 Å². The highest BCUT2D eigenvalue weighted by molar-refractivity contribution is 8.00. The maximum absolute atomic E-state index is 13.6. The van der Waals surface area contributed by atoms with Gasteiger partial charge in [-0.2, -0.15) is 17.5 Å². The molecular weight excluding hydrogens is 551 g/mol. The van der Waals surface area contributed by atoms with E-state index in [1.54, 1.807) is 20.8 Å². The third kappa shape index (κ3) is 6.72. The lowest BCUT2D eigenvalue weighted by atomic mass is 9.84. The molecule has 7 nitrogen and oxygen atoms in total. The maximum Gasteiger partial charge on any atom is 0.446 e. The van der Waals surface area contributed by atoms with E-state index >= 15 is 0 Å². The van der Waals surface area contributed by atoms with Crippen molar-refractivity contribution in [2.75, 3.05) is 38.5 Å². The number of rotatable bonds is 5. The number of phenolic OH excluding ortho intramolecular Hbond substituents is 1. The van der Waals surface area contributed by atoms with Crippen LogP contribution in [0.5, 0.6) is 5.75 Å². The van der Waals surface area contributed by atoms with Gasteiger partial charge in [0.15, 0.2) is 0 Å². The maximum atomic E-state index is 13.6. The summed E-state index contributed by atoms with van der Waals surface area (Å²) in [7, 11) is -2.10. The Bertz CT molecular complexity index is 1300. The van der Waals surface area contributed by atoms with E-state index in [0.717, 1.165) is 12.1 Å². The molecule has 37 heavy (non-hydrogen) atoms. The summed E-state index contributed by atoms with van der Waals surface area (Å²) in [5, 5.41) is 13.5. The van der Waals surface area contributed by atoms with Crippen LogP contribution in [0.15, 0.2) is 34.1 Å². The van der Waals surface area contributed by atoms with E-state index in [4.69, 9.17) is 11.6 Å². The number of carbonyl (C=O) groups excluding carboxylic acids is 1. The van der Waals surface area contributed by atoms with Crippen LogP contribution in [-0.2, 0) is 15.4 Å². The van der Waals surface area contributed by atoms with Crippen molar-refractivity contribution in [1.82, 2.24) is 9.21 Å². The Labute approximate surface area is 224 Å². The highest BCUT2D eigenvalue weighted by atomic mass is 35.5. The minimum absolute atomic E-state index is 0.0154. The highest BCUT2D eigenvalue weighted by Crippen LogP contribution is 2.41.